The van der Waals surface area contributed by atoms with Crippen molar-refractivity contribution in [3.63, 3.8) is 0 Å². The number of hydrogen-bond acceptors (Lipinski definition) is 4. The third kappa shape index (κ3) is 2.81. The summed E-state index contributed by atoms with van der Waals surface area (Å²) in [5, 5.41) is 6.71. The topological polar surface area (TPSA) is 54.6 Å². The molecule has 4 nitrogen and oxygen atoms in total. The van der Waals surface area contributed by atoms with Crippen molar-refractivity contribution in [2.75, 3.05) is 0 Å². The van der Waals surface area contributed by atoms with Gasteiger partial charge in [0, 0.05) is 14.7 Å². The zero-order valence-corrected chi connectivity index (χ0v) is 12.6. The van der Waals surface area contributed by atoms with Crippen LogP contribution in [0, 0.1) is 0 Å². The number of hydrazone groups is 1. The Morgan fingerprint density at radius 2 is 2.25 bits per heavy atom. The maximum atomic E-state index is 11.9. The van der Waals surface area contributed by atoms with Crippen molar-refractivity contribution in [1.82, 2.24) is 5.43 Å². The van der Waals surface area contributed by atoms with Gasteiger partial charge in [-0.05, 0) is 35.7 Å². The number of rotatable bonds is 3. The molecule has 1 aromatic carbocycles. The van der Waals surface area contributed by atoms with Crippen molar-refractivity contribution in [2.24, 2.45) is 5.10 Å². The molecule has 0 aliphatic rings. The molecule has 0 radical (unpaired) electrons. The van der Waals surface area contributed by atoms with Gasteiger partial charge < -0.3 is 4.42 Å². The van der Waals surface area contributed by atoms with Crippen LogP contribution in [0.3, 0.4) is 0 Å². The van der Waals surface area contributed by atoms with E-state index < -0.39 is 0 Å². The number of furan rings is 1. The molecule has 1 N–H and O–H groups in total. The van der Waals surface area contributed by atoms with Gasteiger partial charge in [-0.3, -0.25) is 4.79 Å². The number of benzene rings is 1. The highest BCUT2D eigenvalue weighted by Gasteiger charge is 2.11. The van der Waals surface area contributed by atoms with Gasteiger partial charge in [0.1, 0.15) is 5.58 Å². The van der Waals surface area contributed by atoms with Gasteiger partial charge in [-0.1, -0.05) is 22.0 Å². The fraction of sp³-hybridized carbons (Fsp3) is 0. The van der Waals surface area contributed by atoms with Crippen molar-refractivity contribution >= 4 is 50.4 Å². The van der Waals surface area contributed by atoms with Gasteiger partial charge in [0.2, 0.25) is 0 Å². The standard InChI is InChI=1S/C14H9BrN2O2S/c15-10-3-4-12-9(6-10)7-13(19-12)14(18)17-16-8-11-2-1-5-20-11/h1-8H,(H,17,18)/b16-8+. The van der Waals surface area contributed by atoms with Crippen LogP contribution in [0.5, 0.6) is 0 Å². The highest BCUT2D eigenvalue weighted by atomic mass is 79.9. The summed E-state index contributed by atoms with van der Waals surface area (Å²) in [7, 11) is 0. The number of thiophene rings is 1. The lowest BCUT2D eigenvalue weighted by molar-refractivity contribution is 0.0929. The minimum Gasteiger partial charge on any atom is -0.451 e. The minimum atomic E-state index is -0.370. The maximum Gasteiger partial charge on any atom is 0.307 e. The first-order valence-electron chi connectivity index (χ1n) is 5.78. The van der Waals surface area contributed by atoms with Crippen LogP contribution >= 0.6 is 27.3 Å². The molecule has 0 saturated heterocycles. The second-order valence-corrected chi connectivity index (χ2v) is 5.90. The van der Waals surface area contributed by atoms with Gasteiger partial charge in [0.15, 0.2) is 5.76 Å². The first kappa shape index (κ1) is 13.1. The second kappa shape index (κ2) is 5.60. The van der Waals surface area contributed by atoms with E-state index in [4.69, 9.17) is 4.42 Å². The summed E-state index contributed by atoms with van der Waals surface area (Å²) < 4.78 is 6.41. The third-order valence-electron chi connectivity index (χ3n) is 2.60. The number of hydrogen-bond donors (Lipinski definition) is 1. The number of halogens is 1. The Hall–Kier alpha value is -1.92. The molecule has 6 heteroatoms. The summed E-state index contributed by atoms with van der Waals surface area (Å²) in [4.78, 5) is 12.9. The van der Waals surface area contributed by atoms with E-state index in [-0.39, 0.29) is 11.7 Å². The van der Waals surface area contributed by atoms with Crippen LogP contribution in [0.1, 0.15) is 15.4 Å². The van der Waals surface area contributed by atoms with E-state index in [0.717, 1.165) is 14.7 Å². The van der Waals surface area contributed by atoms with Crippen molar-refractivity contribution < 1.29 is 9.21 Å². The van der Waals surface area contributed by atoms with Gasteiger partial charge in [-0.15, -0.1) is 11.3 Å². The Bertz CT molecular complexity index is 778. The number of amides is 1. The molecule has 3 aromatic rings. The Balaban J connectivity index is 1.75. The summed E-state index contributed by atoms with van der Waals surface area (Å²) in [5.74, 6) is -0.133. The van der Waals surface area contributed by atoms with E-state index in [9.17, 15) is 4.79 Å². The molecular formula is C14H9BrN2O2S. The molecule has 2 aromatic heterocycles. The van der Waals surface area contributed by atoms with E-state index in [1.54, 1.807) is 23.6 Å². The quantitative estimate of drug-likeness (QED) is 0.574. The average Bonchev–Trinajstić information content (AvgIpc) is 3.06. The Morgan fingerprint density at radius 3 is 3.05 bits per heavy atom. The number of carbonyl (C=O) groups is 1. The first-order valence-corrected chi connectivity index (χ1v) is 7.46. The third-order valence-corrected chi connectivity index (χ3v) is 3.90. The Kier molecular flexibility index (Phi) is 3.66. The number of nitrogens with one attached hydrogen (secondary N) is 1. The van der Waals surface area contributed by atoms with Crippen LogP contribution in [0.25, 0.3) is 11.0 Å². The number of nitrogens with zero attached hydrogens (tertiary/aromatic N) is 1. The van der Waals surface area contributed by atoms with E-state index in [1.807, 2.05) is 35.7 Å². The van der Waals surface area contributed by atoms with Crippen LogP contribution < -0.4 is 5.43 Å². The molecule has 0 fully saturated rings. The number of carbonyl (C=O) groups excluding carboxylic acids is 1. The minimum absolute atomic E-state index is 0.237. The van der Waals surface area contributed by atoms with E-state index >= 15 is 0 Å². The average molecular weight is 349 g/mol. The molecule has 0 saturated carbocycles. The van der Waals surface area contributed by atoms with Crippen LogP contribution in [-0.4, -0.2) is 12.1 Å². The summed E-state index contributed by atoms with van der Waals surface area (Å²) in [5.41, 5.74) is 3.11. The molecule has 0 unspecified atom stereocenters. The SMILES string of the molecule is O=C(N/N=C/c1cccs1)c1cc2cc(Br)ccc2o1. The molecule has 0 aliphatic carbocycles. The molecule has 0 spiro atoms. The van der Waals surface area contributed by atoms with E-state index in [0.29, 0.717) is 5.58 Å². The monoisotopic (exact) mass is 348 g/mol. The van der Waals surface area contributed by atoms with E-state index in [2.05, 4.69) is 26.5 Å². The largest absolute Gasteiger partial charge is 0.451 e. The molecule has 0 atom stereocenters. The van der Waals surface area contributed by atoms with Crippen LogP contribution in [0.15, 0.2) is 55.8 Å². The molecule has 3 rings (SSSR count). The summed E-state index contributed by atoms with van der Waals surface area (Å²) in [6, 6.07) is 11.1. The van der Waals surface area contributed by atoms with Gasteiger partial charge in [0.25, 0.3) is 0 Å². The normalized spacial score (nSPS) is 11.2. The summed E-state index contributed by atoms with van der Waals surface area (Å²) >= 11 is 4.92. The van der Waals surface area contributed by atoms with Crippen LogP contribution in [-0.2, 0) is 0 Å². The highest BCUT2D eigenvalue weighted by Crippen LogP contribution is 2.23. The lowest BCUT2D eigenvalue weighted by Gasteiger charge is -1.93. The first-order chi connectivity index (χ1) is 9.72. The lowest BCUT2D eigenvalue weighted by Crippen LogP contribution is -2.16. The zero-order valence-electron chi connectivity index (χ0n) is 10.2. The van der Waals surface area contributed by atoms with E-state index in [1.165, 1.54) is 0 Å². The molecule has 2 heterocycles. The van der Waals surface area contributed by atoms with Crippen molar-refractivity contribution in [3.8, 4) is 0 Å². The lowest BCUT2D eigenvalue weighted by atomic mass is 10.2. The molecule has 100 valence electrons. The van der Waals surface area contributed by atoms with Crippen LogP contribution in [0.2, 0.25) is 0 Å². The van der Waals surface area contributed by atoms with Crippen LogP contribution in [0.4, 0.5) is 0 Å². The van der Waals surface area contributed by atoms with Crippen molar-refractivity contribution in [1.29, 1.82) is 0 Å². The predicted octanol–water partition coefficient (Wildman–Crippen LogP) is 4.02. The fourth-order valence-electron chi connectivity index (χ4n) is 1.70. The number of fused-ring (bicyclic) bond motifs is 1. The van der Waals surface area contributed by atoms with Gasteiger partial charge >= 0.3 is 5.91 Å². The summed E-state index contributed by atoms with van der Waals surface area (Å²) in [6.45, 7) is 0. The van der Waals surface area contributed by atoms with Gasteiger partial charge in [-0.25, -0.2) is 5.43 Å². The summed E-state index contributed by atoms with van der Waals surface area (Å²) in [6.07, 6.45) is 1.60. The van der Waals surface area contributed by atoms with Gasteiger partial charge in [0.05, 0.1) is 6.21 Å². The molecule has 1 amide bonds. The fourth-order valence-corrected chi connectivity index (χ4v) is 2.66. The molecule has 0 bridgehead atoms. The van der Waals surface area contributed by atoms with Gasteiger partial charge in [-0.2, -0.15) is 5.10 Å². The maximum absolute atomic E-state index is 11.9. The zero-order chi connectivity index (χ0) is 13.9. The highest BCUT2D eigenvalue weighted by molar-refractivity contribution is 9.10. The Labute approximate surface area is 127 Å². The molecular weight excluding hydrogens is 340 g/mol. The molecule has 0 aliphatic heterocycles. The predicted molar refractivity (Wildman–Crippen MR) is 83.3 cm³/mol. The van der Waals surface area contributed by atoms with Crippen molar-refractivity contribution in [3.05, 3.63) is 56.9 Å². The molecule has 20 heavy (non-hydrogen) atoms. The van der Waals surface area contributed by atoms with Crippen molar-refractivity contribution in [2.45, 2.75) is 0 Å². The smallest absolute Gasteiger partial charge is 0.307 e. The Morgan fingerprint density at radius 1 is 1.35 bits per heavy atom. The second-order valence-electron chi connectivity index (χ2n) is 4.01.